The molecule has 0 bridgehead atoms. The van der Waals surface area contributed by atoms with Crippen LogP contribution in [0.25, 0.3) is 0 Å². The van der Waals surface area contributed by atoms with Crippen LogP contribution in [0.3, 0.4) is 0 Å². The minimum absolute atomic E-state index is 0.177. The van der Waals surface area contributed by atoms with E-state index in [9.17, 15) is 0 Å². The monoisotopic (exact) mass is 180 g/mol. The van der Waals surface area contributed by atoms with Crippen LogP contribution in [0.4, 0.5) is 0 Å². The van der Waals surface area contributed by atoms with E-state index in [-0.39, 0.29) is 19.3 Å². The molecule has 0 aromatic carbocycles. The van der Waals surface area contributed by atoms with E-state index < -0.39 is 5.54 Å². The molecule has 0 aliphatic rings. The minimum atomic E-state index is -0.806. The molecule has 0 amide bonds. The minimum Gasteiger partial charge on any atom is -0.394 e. The number of hydrogen-bond acceptors (Lipinski definition) is 5. The van der Waals surface area contributed by atoms with E-state index in [1.54, 1.807) is 13.8 Å². The average Bonchev–Trinajstić information content (AvgIpc) is 2.05. The third-order valence-electron chi connectivity index (χ3n) is 1.06. The van der Waals surface area contributed by atoms with E-state index in [0.29, 0.717) is 6.54 Å². The molecule has 0 saturated heterocycles. The lowest BCUT2D eigenvalue weighted by molar-refractivity contribution is 0.134. The van der Waals surface area contributed by atoms with Crippen LogP contribution in [0.1, 0.15) is 13.8 Å². The standard InChI is InChI=1S/C4H11NO2.C3H9NO/c1-4(5,2-6)3-7;1-3(5)2-4/h6-7H,2-3,5H2,1H3;3,5H,2,4H2,1H3. The van der Waals surface area contributed by atoms with Crippen molar-refractivity contribution in [3.05, 3.63) is 0 Å². The van der Waals surface area contributed by atoms with E-state index in [1.165, 1.54) is 0 Å². The summed E-state index contributed by atoms with van der Waals surface area (Å²) >= 11 is 0. The average molecular weight is 180 g/mol. The second kappa shape index (κ2) is 7.45. The molecule has 0 aromatic rings. The number of nitrogens with two attached hydrogens (primary N) is 2. The predicted octanol–water partition coefficient (Wildman–Crippen LogP) is -1.99. The molecule has 76 valence electrons. The predicted molar refractivity (Wildman–Crippen MR) is 47.5 cm³/mol. The van der Waals surface area contributed by atoms with E-state index >= 15 is 0 Å². The highest BCUT2D eigenvalue weighted by Gasteiger charge is 2.13. The highest BCUT2D eigenvalue weighted by atomic mass is 16.3. The molecule has 0 heterocycles. The Morgan fingerprint density at radius 1 is 1.33 bits per heavy atom. The van der Waals surface area contributed by atoms with Crippen molar-refractivity contribution in [2.75, 3.05) is 19.8 Å². The quantitative estimate of drug-likeness (QED) is 0.345. The smallest absolute Gasteiger partial charge is 0.0634 e. The lowest BCUT2D eigenvalue weighted by Gasteiger charge is -2.16. The van der Waals surface area contributed by atoms with Crippen molar-refractivity contribution in [1.29, 1.82) is 0 Å². The fraction of sp³-hybridized carbons (Fsp3) is 1.00. The summed E-state index contributed by atoms with van der Waals surface area (Å²) in [6.45, 7) is 3.24. The van der Waals surface area contributed by atoms with E-state index in [0.717, 1.165) is 0 Å². The molecule has 0 saturated carbocycles. The molecule has 0 spiro atoms. The molecule has 12 heavy (non-hydrogen) atoms. The third-order valence-corrected chi connectivity index (χ3v) is 1.06. The maximum atomic E-state index is 8.31. The molecule has 7 N–H and O–H groups in total. The molecule has 5 heteroatoms. The van der Waals surface area contributed by atoms with E-state index in [1.807, 2.05) is 0 Å². The Morgan fingerprint density at radius 3 is 1.58 bits per heavy atom. The van der Waals surface area contributed by atoms with Crippen molar-refractivity contribution in [1.82, 2.24) is 0 Å². The number of aliphatic hydroxyl groups is 3. The van der Waals surface area contributed by atoms with Crippen LogP contribution < -0.4 is 11.5 Å². The maximum absolute atomic E-state index is 8.31. The van der Waals surface area contributed by atoms with Gasteiger partial charge in [0.1, 0.15) is 0 Å². The van der Waals surface area contributed by atoms with Gasteiger partial charge in [-0.05, 0) is 13.8 Å². The van der Waals surface area contributed by atoms with Gasteiger partial charge in [0.05, 0.1) is 24.9 Å². The Morgan fingerprint density at radius 2 is 1.58 bits per heavy atom. The summed E-state index contributed by atoms with van der Waals surface area (Å²) in [5.74, 6) is 0. The summed E-state index contributed by atoms with van der Waals surface area (Å²) in [4.78, 5) is 0. The Balaban J connectivity index is 0. The molecule has 0 fully saturated rings. The van der Waals surface area contributed by atoms with Crippen LogP contribution in [0, 0.1) is 0 Å². The molecular formula is C7H20N2O3. The molecular weight excluding hydrogens is 160 g/mol. The van der Waals surface area contributed by atoms with Gasteiger partial charge in [0, 0.05) is 6.54 Å². The normalized spacial score (nSPS) is 13.2. The van der Waals surface area contributed by atoms with Crippen LogP contribution >= 0.6 is 0 Å². The zero-order chi connectivity index (χ0) is 10.2. The van der Waals surface area contributed by atoms with Crippen molar-refractivity contribution in [3.63, 3.8) is 0 Å². The van der Waals surface area contributed by atoms with Gasteiger partial charge in [-0.15, -0.1) is 0 Å². The first-order valence-electron chi connectivity index (χ1n) is 3.78. The second-order valence-electron chi connectivity index (χ2n) is 3.05. The second-order valence-corrected chi connectivity index (χ2v) is 3.05. The first-order chi connectivity index (χ1) is 5.39. The SMILES string of the molecule is CC(N)(CO)CO.CC(O)CN. The number of aliphatic hydroxyl groups excluding tert-OH is 3. The fourth-order valence-corrected chi connectivity index (χ4v) is 0.0500. The molecule has 1 unspecified atom stereocenters. The fourth-order valence-electron chi connectivity index (χ4n) is 0.0500. The van der Waals surface area contributed by atoms with Gasteiger partial charge in [-0.25, -0.2) is 0 Å². The summed E-state index contributed by atoms with van der Waals surface area (Å²) in [5.41, 5.74) is 9.33. The highest BCUT2D eigenvalue weighted by Crippen LogP contribution is 1.91. The van der Waals surface area contributed by atoms with Crippen molar-refractivity contribution < 1.29 is 15.3 Å². The summed E-state index contributed by atoms with van der Waals surface area (Å²) in [7, 11) is 0. The lowest BCUT2D eigenvalue weighted by atomic mass is 10.1. The van der Waals surface area contributed by atoms with Gasteiger partial charge in [-0.3, -0.25) is 0 Å². The van der Waals surface area contributed by atoms with Gasteiger partial charge < -0.3 is 26.8 Å². The highest BCUT2D eigenvalue weighted by molar-refractivity contribution is 4.74. The van der Waals surface area contributed by atoms with Crippen molar-refractivity contribution >= 4 is 0 Å². The van der Waals surface area contributed by atoms with E-state index in [4.69, 9.17) is 26.8 Å². The van der Waals surface area contributed by atoms with Gasteiger partial charge in [-0.1, -0.05) is 0 Å². The van der Waals surface area contributed by atoms with Gasteiger partial charge in [0.25, 0.3) is 0 Å². The topological polar surface area (TPSA) is 113 Å². The van der Waals surface area contributed by atoms with Crippen LogP contribution in [0.2, 0.25) is 0 Å². The van der Waals surface area contributed by atoms with Gasteiger partial charge in [-0.2, -0.15) is 0 Å². The molecule has 0 aliphatic carbocycles. The zero-order valence-corrected chi connectivity index (χ0v) is 7.70. The molecule has 0 radical (unpaired) electrons. The zero-order valence-electron chi connectivity index (χ0n) is 7.70. The summed E-state index contributed by atoms with van der Waals surface area (Å²) in [6, 6.07) is 0. The van der Waals surface area contributed by atoms with E-state index in [2.05, 4.69) is 0 Å². The lowest BCUT2D eigenvalue weighted by Crippen LogP contribution is -2.43. The van der Waals surface area contributed by atoms with Crippen molar-refractivity contribution in [2.24, 2.45) is 11.5 Å². The van der Waals surface area contributed by atoms with Crippen LogP contribution in [-0.4, -0.2) is 46.7 Å². The Kier molecular flexibility index (Phi) is 8.90. The summed E-state index contributed by atoms with van der Waals surface area (Å²) in [5, 5.41) is 24.9. The Hall–Kier alpha value is -0.200. The number of rotatable bonds is 3. The molecule has 5 nitrogen and oxygen atoms in total. The molecule has 0 rings (SSSR count). The summed E-state index contributed by atoms with van der Waals surface area (Å²) < 4.78 is 0. The largest absolute Gasteiger partial charge is 0.394 e. The molecule has 0 aromatic heterocycles. The Bertz CT molecular complexity index is 90.7. The summed E-state index contributed by atoms with van der Waals surface area (Å²) in [6.07, 6.45) is -0.338. The molecule has 0 aliphatic heterocycles. The molecule has 1 atom stereocenters. The maximum Gasteiger partial charge on any atom is 0.0634 e. The van der Waals surface area contributed by atoms with Crippen molar-refractivity contribution in [2.45, 2.75) is 25.5 Å². The van der Waals surface area contributed by atoms with Gasteiger partial charge in [0.15, 0.2) is 0 Å². The van der Waals surface area contributed by atoms with Crippen LogP contribution in [0.5, 0.6) is 0 Å². The Labute approximate surface area is 73.0 Å². The first-order valence-corrected chi connectivity index (χ1v) is 3.78. The third kappa shape index (κ3) is 12.5. The van der Waals surface area contributed by atoms with Gasteiger partial charge in [0.2, 0.25) is 0 Å². The van der Waals surface area contributed by atoms with Crippen molar-refractivity contribution in [3.8, 4) is 0 Å². The van der Waals surface area contributed by atoms with Gasteiger partial charge >= 0.3 is 0 Å². The van der Waals surface area contributed by atoms with Crippen LogP contribution in [-0.2, 0) is 0 Å². The number of hydrogen-bond donors (Lipinski definition) is 5. The first kappa shape index (κ1) is 14.3. The van der Waals surface area contributed by atoms with Crippen LogP contribution in [0.15, 0.2) is 0 Å².